The van der Waals surface area contributed by atoms with Gasteiger partial charge in [-0.15, -0.1) is 11.3 Å². The third-order valence-corrected chi connectivity index (χ3v) is 8.71. The Balaban J connectivity index is 1.37. The molecule has 5 aromatic carbocycles. The predicted molar refractivity (Wildman–Crippen MR) is 148 cm³/mol. The van der Waals surface area contributed by atoms with Gasteiger partial charge in [-0.25, -0.2) is 0 Å². The first-order valence-corrected chi connectivity index (χ1v) is 12.7. The Hall–Kier alpha value is -3.68. The zero-order valence-electron chi connectivity index (χ0n) is 19.3. The molecule has 7 rings (SSSR count). The highest BCUT2D eigenvalue weighted by Gasteiger charge is 2.35. The Morgan fingerprint density at radius 1 is 0.500 bits per heavy atom. The molecular weight excluding hydrogens is 428 g/mol. The van der Waals surface area contributed by atoms with E-state index >= 15 is 0 Å². The molecule has 0 N–H and O–H groups in total. The normalized spacial score (nSPS) is 13.8. The first-order valence-electron chi connectivity index (χ1n) is 11.9. The number of hydrogen-bond acceptors (Lipinski definition) is 1. The summed E-state index contributed by atoms with van der Waals surface area (Å²) in [7, 11) is 0. The van der Waals surface area contributed by atoms with Crippen LogP contribution in [0.2, 0.25) is 0 Å². The van der Waals surface area contributed by atoms with Crippen LogP contribution in [0, 0.1) is 0 Å². The van der Waals surface area contributed by atoms with Gasteiger partial charge in [-0.2, -0.15) is 0 Å². The fourth-order valence-electron chi connectivity index (χ4n) is 5.72. The maximum atomic E-state index is 2.41. The van der Waals surface area contributed by atoms with E-state index in [1.165, 1.54) is 64.7 Å². The molecule has 1 aliphatic carbocycles. The zero-order valence-corrected chi connectivity index (χ0v) is 20.1. The first-order chi connectivity index (χ1) is 16.6. The molecule has 6 aromatic rings. The minimum Gasteiger partial charge on any atom is -0.135 e. The Morgan fingerprint density at radius 2 is 1.18 bits per heavy atom. The van der Waals surface area contributed by atoms with Crippen LogP contribution in [0.5, 0.6) is 0 Å². The predicted octanol–water partition coefficient (Wildman–Crippen LogP) is 9.69. The van der Waals surface area contributed by atoms with Crippen LogP contribution in [-0.4, -0.2) is 0 Å². The van der Waals surface area contributed by atoms with Crippen LogP contribution >= 0.6 is 11.3 Å². The molecule has 0 unspecified atom stereocenters. The van der Waals surface area contributed by atoms with Crippen molar-refractivity contribution in [3.05, 3.63) is 120 Å². The van der Waals surface area contributed by atoms with E-state index in [2.05, 4.69) is 123 Å². The van der Waals surface area contributed by atoms with E-state index < -0.39 is 0 Å². The van der Waals surface area contributed by atoms with E-state index in [4.69, 9.17) is 0 Å². The highest BCUT2D eigenvalue weighted by molar-refractivity contribution is 7.26. The number of benzene rings is 5. The van der Waals surface area contributed by atoms with Crippen molar-refractivity contribution in [2.75, 3.05) is 0 Å². The smallest absolute Gasteiger partial charge is 0.0433 e. The molecule has 0 amide bonds. The van der Waals surface area contributed by atoms with Crippen LogP contribution in [0.3, 0.4) is 0 Å². The van der Waals surface area contributed by atoms with Crippen molar-refractivity contribution in [1.82, 2.24) is 0 Å². The first kappa shape index (κ1) is 19.8. The lowest BCUT2D eigenvalue weighted by atomic mass is 9.81. The largest absolute Gasteiger partial charge is 0.135 e. The molecule has 0 spiro atoms. The van der Waals surface area contributed by atoms with Crippen LogP contribution in [0.4, 0.5) is 0 Å². The van der Waals surface area contributed by atoms with Crippen LogP contribution in [0.25, 0.3) is 53.6 Å². The van der Waals surface area contributed by atoms with Gasteiger partial charge in [-0.1, -0.05) is 105 Å². The highest BCUT2D eigenvalue weighted by atomic mass is 32.1. The molecule has 0 nitrogen and oxygen atoms in total. The van der Waals surface area contributed by atoms with Gasteiger partial charge in [0.2, 0.25) is 0 Å². The number of hydrogen-bond donors (Lipinski definition) is 0. The van der Waals surface area contributed by atoms with Gasteiger partial charge in [-0.05, 0) is 62.7 Å². The fourth-order valence-corrected chi connectivity index (χ4v) is 6.96. The molecule has 34 heavy (non-hydrogen) atoms. The van der Waals surface area contributed by atoms with E-state index in [1.54, 1.807) is 0 Å². The Labute approximate surface area is 204 Å². The minimum atomic E-state index is 0.0161. The third-order valence-electron chi connectivity index (χ3n) is 7.49. The molecule has 0 fully saturated rings. The van der Waals surface area contributed by atoms with Gasteiger partial charge in [0.05, 0.1) is 0 Å². The standard InChI is InChI=1S/C33H24S/c1-33(2)29-15-5-3-11-25(29)26-18-17-22(20-30(26)33)21-9-7-10-23(19-21)24-13-8-14-28-27-12-4-6-16-31(27)34-32(24)28/h3-20H,1-2H3. The monoisotopic (exact) mass is 452 g/mol. The lowest BCUT2D eigenvalue weighted by Crippen LogP contribution is -2.14. The van der Waals surface area contributed by atoms with E-state index in [1.807, 2.05) is 11.3 Å². The van der Waals surface area contributed by atoms with Crippen LogP contribution in [-0.2, 0) is 5.41 Å². The van der Waals surface area contributed by atoms with Crippen molar-refractivity contribution in [2.45, 2.75) is 19.3 Å². The van der Waals surface area contributed by atoms with Gasteiger partial charge in [0.25, 0.3) is 0 Å². The minimum absolute atomic E-state index is 0.0161. The van der Waals surface area contributed by atoms with Crippen molar-refractivity contribution >= 4 is 31.5 Å². The van der Waals surface area contributed by atoms with Gasteiger partial charge in [0.15, 0.2) is 0 Å². The number of rotatable bonds is 2. The summed E-state index contributed by atoms with van der Waals surface area (Å²) in [6.45, 7) is 4.69. The van der Waals surface area contributed by atoms with Crippen molar-refractivity contribution in [1.29, 1.82) is 0 Å². The molecule has 1 aliphatic rings. The van der Waals surface area contributed by atoms with Gasteiger partial charge in [0, 0.05) is 25.6 Å². The second-order valence-electron chi connectivity index (χ2n) is 9.79. The average Bonchev–Trinajstić information content (AvgIpc) is 3.37. The van der Waals surface area contributed by atoms with Crippen LogP contribution < -0.4 is 0 Å². The van der Waals surface area contributed by atoms with Crippen LogP contribution in [0.15, 0.2) is 109 Å². The topological polar surface area (TPSA) is 0 Å². The summed E-state index contributed by atoms with van der Waals surface area (Å²) >= 11 is 1.89. The summed E-state index contributed by atoms with van der Waals surface area (Å²) < 4.78 is 2.72. The van der Waals surface area contributed by atoms with Crippen molar-refractivity contribution in [3.63, 3.8) is 0 Å². The van der Waals surface area contributed by atoms with E-state index in [0.717, 1.165) is 0 Å². The molecule has 1 heteroatoms. The van der Waals surface area contributed by atoms with Gasteiger partial charge in [0.1, 0.15) is 0 Å². The van der Waals surface area contributed by atoms with Gasteiger partial charge < -0.3 is 0 Å². The van der Waals surface area contributed by atoms with Crippen molar-refractivity contribution in [2.24, 2.45) is 0 Å². The number of fused-ring (bicyclic) bond motifs is 6. The molecule has 1 heterocycles. The fraction of sp³-hybridized carbons (Fsp3) is 0.0909. The second-order valence-corrected chi connectivity index (χ2v) is 10.8. The Morgan fingerprint density at radius 3 is 2.12 bits per heavy atom. The SMILES string of the molecule is CC1(C)c2ccccc2-c2ccc(-c3cccc(-c4cccc5c4sc4ccccc45)c3)cc21. The highest BCUT2D eigenvalue weighted by Crippen LogP contribution is 2.49. The second kappa shape index (κ2) is 7.16. The summed E-state index contributed by atoms with van der Waals surface area (Å²) in [5.41, 5.74) is 10.7. The average molecular weight is 453 g/mol. The lowest BCUT2D eigenvalue weighted by molar-refractivity contribution is 0.660. The van der Waals surface area contributed by atoms with E-state index in [9.17, 15) is 0 Å². The molecule has 162 valence electrons. The van der Waals surface area contributed by atoms with Gasteiger partial charge in [-0.3, -0.25) is 0 Å². The van der Waals surface area contributed by atoms with Crippen molar-refractivity contribution < 1.29 is 0 Å². The quantitative estimate of drug-likeness (QED) is 0.245. The molecular formula is C33H24S. The summed E-state index contributed by atoms with van der Waals surface area (Å²) in [5.74, 6) is 0. The summed E-state index contributed by atoms with van der Waals surface area (Å²) in [6.07, 6.45) is 0. The Bertz CT molecular complexity index is 1730. The summed E-state index contributed by atoms with van der Waals surface area (Å²) in [4.78, 5) is 0. The Kier molecular flexibility index (Phi) is 4.16. The summed E-state index contributed by atoms with van der Waals surface area (Å²) in [6, 6.07) is 40.3. The molecule has 0 bridgehead atoms. The maximum Gasteiger partial charge on any atom is 0.0433 e. The molecule has 0 aliphatic heterocycles. The molecule has 1 aromatic heterocycles. The molecule has 0 radical (unpaired) electrons. The van der Waals surface area contributed by atoms with Crippen molar-refractivity contribution in [3.8, 4) is 33.4 Å². The zero-order chi connectivity index (χ0) is 22.9. The van der Waals surface area contributed by atoms with Crippen LogP contribution in [0.1, 0.15) is 25.0 Å². The molecule has 0 atom stereocenters. The van der Waals surface area contributed by atoms with Gasteiger partial charge >= 0.3 is 0 Å². The summed E-state index contributed by atoms with van der Waals surface area (Å²) in [5, 5.41) is 2.70. The van der Waals surface area contributed by atoms with E-state index in [0.29, 0.717) is 0 Å². The molecule has 0 saturated heterocycles. The van der Waals surface area contributed by atoms with E-state index in [-0.39, 0.29) is 5.41 Å². The third kappa shape index (κ3) is 2.77. The number of thiophene rings is 1. The molecule has 0 saturated carbocycles. The lowest BCUT2D eigenvalue weighted by Gasteiger charge is -2.22. The maximum absolute atomic E-state index is 2.41.